The lowest BCUT2D eigenvalue weighted by molar-refractivity contribution is -0.146. The molecule has 2 heterocycles. The van der Waals surface area contributed by atoms with Crippen LogP contribution in [0.25, 0.3) is 0 Å². The number of ether oxygens (including phenoxy) is 1. The van der Waals surface area contributed by atoms with E-state index >= 15 is 0 Å². The smallest absolute Gasteiger partial charge is 0.323 e. The van der Waals surface area contributed by atoms with Crippen LogP contribution in [0.3, 0.4) is 0 Å². The van der Waals surface area contributed by atoms with Gasteiger partial charge in [0.1, 0.15) is 6.04 Å². The molecule has 2 fully saturated rings. The zero-order chi connectivity index (χ0) is 12.5. The van der Waals surface area contributed by atoms with Crippen LogP contribution < -0.4 is 0 Å². The van der Waals surface area contributed by atoms with Crippen LogP contribution in [0.15, 0.2) is 0 Å². The van der Waals surface area contributed by atoms with Gasteiger partial charge in [0.05, 0.1) is 18.6 Å². The van der Waals surface area contributed by atoms with Gasteiger partial charge in [-0.2, -0.15) is 0 Å². The van der Waals surface area contributed by atoms with E-state index in [0.717, 1.165) is 25.8 Å². The van der Waals surface area contributed by atoms with Crippen molar-refractivity contribution in [3.05, 3.63) is 0 Å². The van der Waals surface area contributed by atoms with Crippen molar-refractivity contribution in [2.45, 2.75) is 25.3 Å². The van der Waals surface area contributed by atoms with Crippen molar-refractivity contribution >= 4 is 15.8 Å². The Kier molecular flexibility index (Phi) is 3.73. The summed E-state index contributed by atoms with van der Waals surface area (Å²) in [6, 6.07) is -0.164. The summed E-state index contributed by atoms with van der Waals surface area (Å²) >= 11 is 0. The molecule has 0 aromatic rings. The fourth-order valence-electron chi connectivity index (χ4n) is 2.80. The zero-order valence-corrected chi connectivity index (χ0v) is 10.9. The maximum atomic E-state index is 11.5. The molecule has 0 radical (unpaired) electrons. The van der Waals surface area contributed by atoms with Gasteiger partial charge in [-0.1, -0.05) is 0 Å². The fourth-order valence-corrected chi connectivity index (χ4v) is 4.64. The van der Waals surface area contributed by atoms with Gasteiger partial charge in [0.25, 0.3) is 0 Å². The summed E-state index contributed by atoms with van der Waals surface area (Å²) in [5, 5.41) is 0. The van der Waals surface area contributed by atoms with Gasteiger partial charge in [-0.25, -0.2) is 8.42 Å². The normalized spacial score (nSPS) is 32.8. The third-order valence-corrected chi connectivity index (χ3v) is 5.49. The standard InChI is InChI=1S/C11H19NO4S/c1-16-11(13)10-3-2-5-12(10)7-9-4-6-17(14,15)8-9/h9-10H,2-8H2,1H3/t9?,10-/m0/s1. The number of rotatable bonds is 3. The molecule has 0 aromatic carbocycles. The Labute approximate surface area is 102 Å². The predicted octanol–water partition coefficient (Wildman–Crippen LogP) is 0.0585. The van der Waals surface area contributed by atoms with E-state index < -0.39 is 9.84 Å². The highest BCUT2D eigenvalue weighted by molar-refractivity contribution is 7.91. The second-order valence-corrected chi connectivity index (χ2v) is 7.17. The molecule has 0 aromatic heterocycles. The van der Waals surface area contributed by atoms with Crippen LogP contribution in [0.5, 0.6) is 0 Å². The molecule has 0 saturated carbocycles. The van der Waals surface area contributed by atoms with E-state index in [4.69, 9.17) is 4.74 Å². The number of sulfone groups is 1. The molecule has 17 heavy (non-hydrogen) atoms. The van der Waals surface area contributed by atoms with E-state index in [1.807, 2.05) is 0 Å². The minimum absolute atomic E-state index is 0.164. The van der Waals surface area contributed by atoms with Gasteiger partial charge < -0.3 is 4.74 Å². The molecule has 2 rings (SSSR count). The molecule has 2 atom stereocenters. The maximum absolute atomic E-state index is 11.5. The number of hydrogen-bond acceptors (Lipinski definition) is 5. The summed E-state index contributed by atoms with van der Waals surface area (Å²) in [4.78, 5) is 13.6. The van der Waals surface area contributed by atoms with Crippen LogP contribution in [0.1, 0.15) is 19.3 Å². The summed E-state index contributed by atoms with van der Waals surface area (Å²) < 4.78 is 27.5. The third kappa shape index (κ3) is 2.98. The van der Waals surface area contributed by atoms with Crippen LogP contribution in [-0.4, -0.2) is 57.0 Å². The molecule has 0 amide bonds. The largest absolute Gasteiger partial charge is 0.468 e. The van der Waals surface area contributed by atoms with E-state index in [1.165, 1.54) is 7.11 Å². The summed E-state index contributed by atoms with van der Waals surface area (Å²) in [6.07, 6.45) is 2.54. The van der Waals surface area contributed by atoms with E-state index in [1.54, 1.807) is 0 Å². The minimum atomic E-state index is -2.82. The van der Waals surface area contributed by atoms with Crippen LogP contribution >= 0.6 is 0 Å². The van der Waals surface area contributed by atoms with Crippen molar-refractivity contribution in [3.8, 4) is 0 Å². The number of likely N-dealkylation sites (tertiary alicyclic amines) is 1. The molecule has 0 bridgehead atoms. The summed E-state index contributed by atoms with van der Waals surface area (Å²) in [5.41, 5.74) is 0. The lowest BCUT2D eigenvalue weighted by atomic mass is 10.1. The summed E-state index contributed by atoms with van der Waals surface area (Å²) in [6.45, 7) is 1.58. The third-order valence-electron chi connectivity index (χ3n) is 3.66. The molecule has 98 valence electrons. The van der Waals surface area contributed by atoms with E-state index in [9.17, 15) is 13.2 Å². The highest BCUT2D eigenvalue weighted by atomic mass is 32.2. The first-order valence-corrected chi connectivity index (χ1v) is 7.86. The number of carbonyl (C=O) groups excluding carboxylic acids is 1. The second kappa shape index (κ2) is 4.94. The Bertz CT molecular complexity index is 392. The molecule has 1 unspecified atom stereocenters. The van der Waals surface area contributed by atoms with Crippen LogP contribution in [0, 0.1) is 5.92 Å². The van der Waals surface area contributed by atoms with Crippen LogP contribution in [-0.2, 0) is 19.4 Å². The number of nitrogens with zero attached hydrogens (tertiary/aromatic N) is 1. The Hall–Kier alpha value is -0.620. The monoisotopic (exact) mass is 261 g/mol. The van der Waals surface area contributed by atoms with Gasteiger partial charge >= 0.3 is 5.97 Å². The number of hydrogen-bond donors (Lipinski definition) is 0. The fraction of sp³-hybridized carbons (Fsp3) is 0.909. The van der Waals surface area contributed by atoms with Crippen molar-refractivity contribution in [2.75, 3.05) is 31.7 Å². The molecule has 0 spiro atoms. The summed E-state index contributed by atoms with van der Waals surface area (Å²) in [5.74, 6) is 0.569. The molecule has 0 aliphatic carbocycles. The van der Waals surface area contributed by atoms with Crippen molar-refractivity contribution in [1.29, 1.82) is 0 Å². The molecule has 2 aliphatic rings. The van der Waals surface area contributed by atoms with Crippen LogP contribution in [0.2, 0.25) is 0 Å². The quantitative estimate of drug-likeness (QED) is 0.672. The first-order valence-electron chi connectivity index (χ1n) is 6.04. The first-order chi connectivity index (χ1) is 8.02. The average Bonchev–Trinajstić information content (AvgIpc) is 2.85. The van der Waals surface area contributed by atoms with Gasteiger partial charge in [0.2, 0.25) is 0 Å². The first kappa shape index (κ1) is 12.8. The summed E-state index contributed by atoms with van der Waals surface area (Å²) in [7, 11) is -1.42. The topological polar surface area (TPSA) is 63.7 Å². The lowest BCUT2D eigenvalue weighted by Crippen LogP contribution is -2.40. The van der Waals surface area contributed by atoms with Gasteiger partial charge in [0.15, 0.2) is 9.84 Å². The second-order valence-electron chi connectivity index (χ2n) is 4.95. The number of esters is 1. The van der Waals surface area contributed by atoms with Gasteiger partial charge in [-0.3, -0.25) is 9.69 Å². The Morgan fingerprint density at radius 2 is 2.18 bits per heavy atom. The van der Waals surface area contributed by atoms with Gasteiger partial charge in [-0.15, -0.1) is 0 Å². The van der Waals surface area contributed by atoms with E-state index in [0.29, 0.717) is 12.3 Å². The lowest BCUT2D eigenvalue weighted by Gasteiger charge is -2.24. The maximum Gasteiger partial charge on any atom is 0.323 e. The van der Waals surface area contributed by atoms with Crippen LogP contribution in [0.4, 0.5) is 0 Å². The van der Waals surface area contributed by atoms with Gasteiger partial charge in [0, 0.05) is 6.54 Å². The Balaban J connectivity index is 1.92. The number of methoxy groups -OCH3 is 1. The molecule has 2 saturated heterocycles. The van der Waals surface area contributed by atoms with Crippen molar-refractivity contribution < 1.29 is 17.9 Å². The highest BCUT2D eigenvalue weighted by Crippen LogP contribution is 2.24. The molecule has 2 aliphatic heterocycles. The zero-order valence-electron chi connectivity index (χ0n) is 10.1. The van der Waals surface area contributed by atoms with Crippen molar-refractivity contribution in [1.82, 2.24) is 4.90 Å². The minimum Gasteiger partial charge on any atom is -0.468 e. The van der Waals surface area contributed by atoms with Gasteiger partial charge in [-0.05, 0) is 31.7 Å². The Morgan fingerprint density at radius 1 is 1.41 bits per heavy atom. The highest BCUT2D eigenvalue weighted by Gasteiger charge is 2.36. The SMILES string of the molecule is COC(=O)[C@@H]1CCCN1CC1CCS(=O)(=O)C1. The molecular weight excluding hydrogens is 242 g/mol. The van der Waals surface area contributed by atoms with Crippen molar-refractivity contribution in [2.24, 2.45) is 5.92 Å². The molecular formula is C11H19NO4S. The van der Waals surface area contributed by atoms with E-state index in [2.05, 4.69) is 4.90 Å². The number of carbonyl (C=O) groups is 1. The Morgan fingerprint density at radius 3 is 2.76 bits per heavy atom. The molecule has 0 N–H and O–H groups in total. The van der Waals surface area contributed by atoms with E-state index in [-0.39, 0.29) is 23.7 Å². The average molecular weight is 261 g/mol. The van der Waals surface area contributed by atoms with Crippen molar-refractivity contribution in [3.63, 3.8) is 0 Å². The molecule has 5 nitrogen and oxygen atoms in total. The predicted molar refractivity (Wildman–Crippen MR) is 63.4 cm³/mol. The molecule has 6 heteroatoms.